The molecule has 4 heteroatoms. The van der Waals surface area contributed by atoms with Crippen LogP contribution in [0, 0.1) is 0 Å². The molecule has 80 valence electrons. The van der Waals surface area contributed by atoms with Gasteiger partial charge in [-0.25, -0.2) is 9.97 Å². The fourth-order valence-electron chi connectivity index (χ4n) is 2.21. The Kier molecular flexibility index (Phi) is 1.92. The van der Waals surface area contributed by atoms with Crippen LogP contribution in [0.25, 0.3) is 0 Å². The second-order valence-corrected chi connectivity index (χ2v) is 4.67. The first-order valence-corrected chi connectivity index (χ1v) is 5.65. The summed E-state index contributed by atoms with van der Waals surface area (Å²) < 4.78 is 0. The number of aryl methyl sites for hydroxylation is 1. The molecule has 1 heterocycles. The second-order valence-electron chi connectivity index (χ2n) is 4.67. The number of fused-ring (bicyclic) bond motifs is 1. The van der Waals surface area contributed by atoms with Crippen LogP contribution in [-0.2, 0) is 12.8 Å². The SMILES string of the molecule is Nc1nc(C2CC2)nc2c1CC(N)CC2. The topological polar surface area (TPSA) is 77.8 Å². The van der Waals surface area contributed by atoms with Crippen molar-refractivity contribution in [3.63, 3.8) is 0 Å². The molecule has 1 atom stereocenters. The molecule has 0 aliphatic heterocycles. The molecule has 15 heavy (non-hydrogen) atoms. The molecule has 1 aromatic rings. The van der Waals surface area contributed by atoms with E-state index < -0.39 is 0 Å². The first-order valence-electron chi connectivity index (χ1n) is 5.65. The van der Waals surface area contributed by atoms with Crippen LogP contribution in [0.2, 0.25) is 0 Å². The number of hydrogen-bond donors (Lipinski definition) is 2. The lowest BCUT2D eigenvalue weighted by Crippen LogP contribution is -2.29. The van der Waals surface area contributed by atoms with Gasteiger partial charge in [-0.2, -0.15) is 0 Å². The molecule has 1 saturated carbocycles. The summed E-state index contributed by atoms with van der Waals surface area (Å²) >= 11 is 0. The van der Waals surface area contributed by atoms with Crippen molar-refractivity contribution < 1.29 is 0 Å². The average Bonchev–Trinajstić information content (AvgIpc) is 3.02. The summed E-state index contributed by atoms with van der Waals surface area (Å²) in [4.78, 5) is 9.02. The smallest absolute Gasteiger partial charge is 0.134 e. The lowest BCUT2D eigenvalue weighted by molar-refractivity contribution is 0.562. The van der Waals surface area contributed by atoms with Gasteiger partial charge < -0.3 is 11.5 Å². The zero-order valence-electron chi connectivity index (χ0n) is 8.74. The molecule has 0 bridgehead atoms. The molecule has 4 nitrogen and oxygen atoms in total. The van der Waals surface area contributed by atoms with Crippen molar-refractivity contribution in [2.75, 3.05) is 5.73 Å². The van der Waals surface area contributed by atoms with Gasteiger partial charge in [0.05, 0.1) is 0 Å². The Labute approximate surface area is 89.1 Å². The van der Waals surface area contributed by atoms with Gasteiger partial charge in [-0.15, -0.1) is 0 Å². The Bertz CT molecular complexity index is 398. The summed E-state index contributed by atoms with van der Waals surface area (Å²) in [5, 5.41) is 0. The maximum atomic E-state index is 5.96. The number of anilines is 1. The number of nitrogens with two attached hydrogens (primary N) is 2. The highest BCUT2D eigenvalue weighted by molar-refractivity contribution is 5.44. The molecule has 1 fully saturated rings. The van der Waals surface area contributed by atoms with Crippen molar-refractivity contribution >= 4 is 5.82 Å². The fourth-order valence-corrected chi connectivity index (χ4v) is 2.21. The molecule has 3 rings (SSSR count). The molecule has 1 unspecified atom stereocenters. The molecule has 0 aromatic carbocycles. The number of nitrogen functional groups attached to an aromatic ring is 1. The Morgan fingerprint density at radius 2 is 1.93 bits per heavy atom. The third-order valence-electron chi connectivity index (χ3n) is 3.30. The van der Waals surface area contributed by atoms with Gasteiger partial charge in [0, 0.05) is 23.2 Å². The standard InChI is InChI=1S/C11H16N4/c12-7-3-4-9-8(5-7)10(13)15-11(14-9)6-1-2-6/h6-7H,1-5,12H2,(H2,13,14,15). The quantitative estimate of drug-likeness (QED) is 0.707. The molecule has 0 amide bonds. The van der Waals surface area contributed by atoms with Crippen LogP contribution in [0.4, 0.5) is 5.82 Å². The van der Waals surface area contributed by atoms with Crippen LogP contribution in [0.3, 0.4) is 0 Å². The molecular formula is C11H16N4. The van der Waals surface area contributed by atoms with Crippen LogP contribution < -0.4 is 11.5 Å². The lowest BCUT2D eigenvalue weighted by Gasteiger charge is -2.21. The van der Waals surface area contributed by atoms with E-state index in [0.717, 1.165) is 36.3 Å². The van der Waals surface area contributed by atoms with Gasteiger partial charge in [0.15, 0.2) is 0 Å². The summed E-state index contributed by atoms with van der Waals surface area (Å²) in [6.07, 6.45) is 5.26. The van der Waals surface area contributed by atoms with Crippen LogP contribution in [0.15, 0.2) is 0 Å². The normalized spacial score (nSPS) is 25.0. The van der Waals surface area contributed by atoms with E-state index in [2.05, 4.69) is 9.97 Å². The predicted octanol–water partition coefficient (Wildman–Crippen LogP) is 0.752. The average molecular weight is 204 g/mol. The van der Waals surface area contributed by atoms with Crippen molar-refractivity contribution in [1.82, 2.24) is 9.97 Å². The molecule has 0 spiro atoms. The van der Waals surface area contributed by atoms with Gasteiger partial charge >= 0.3 is 0 Å². The highest BCUT2D eigenvalue weighted by Crippen LogP contribution is 2.39. The van der Waals surface area contributed by atoms with Crippen molar-refractivity contribution in [3.05, 3.63) is 17.1 Å². The number of hydrogen-bond acceptors (Lipinski definition) is 4. The summed E-state index contributed by atoms with van der Waals surface area (Å²) in [7, 11) is 0. The van der Waals surface area contributed by atoms with Gasteiger partial charge in [0.25, 0.3) is 0 Å². The van der Waals surface area contributed by atoms with E-state index in [1.54, 1.807) is 0 Å². The van der Waals surface area contributed by atoms with E-state index in [1.807, 2.05) is 0 Å². The highest BCUT2D eigenvalue weighted by atomic mass is 15.0. The van der Waals surface area contributed by atoms with E-state index in [1.165, 1.54) is 12.8 Å². The first-order chi connectivity index (χ1) is 7.24. The largest absolute Gasteiger partial charge is 0.383 e. The van der Waals surface area contributed by atoms with Crippen molar-refractivity contribution in [2.24, 2.45) is 5.73 Å². The van der Waals surface area contributed by atoms with Crippen LogP contribution in [-0.4, -0.2) is 16.0 Å². The minimum atomic E-state index is 0.232. The van der Waals surface area contributed by atoms with Gasteiger partial charge in [-0.05, 0) is 32.1 Å². The van der Waals surface area contributed by atoms with Crippen molar-refractivity contribution in [2.45, 2.75) is 44.1 Å². The Morgan fingerprint density at radius 1 is 1.13 bits per heavy atom. The predicted molar refractivity (Wildman–Crippen MR) is 58.4 cm³/mol. The second kappa shape index (κ2) is 3.17. The van der Waals surface area contributed by atoms with E-state index in [-0.39, 0.29) is 6.04 Å². The van der Waals surface area contributed by atoms with Gasteiger partial charge in [0.2, 0.25) is 0 Å². The maximum Gasteiger partial charge on any atom is 0.134 e. The zero-order valence-corrected chi connectivity index (χ0v) is 8.74. The van der Waals surface area contributed by atoms with Crippen molar-refractivity contribution in [3.8, 4) is 0 Å². The van der Waals surface area contributed by atoms with Gasteiger partial charge in [-0.3, -0.25) is 0 Å². The van der Waals surface area contributed by atoms with E-state index in [9.17, 15) is 0 Å². The molecule has 1 aromatic heterocycles. The van der Waals surface area contributed by atoms with Gasteiger partial charge in [0.1, 0.15) is 11.6 Å². The van der Waals surface area contributed by atoms with Gasteiger partial charge in [-0.1, -0.05) is 0 Å². The molecular weight excluding hydrogens is 188 g/mol. The first kappa shape index (κ1) is 9.09. The highest BCUT2D eigenvalue weighted by Gasteiger charge is 2.29. The molecule has 2 aliphatic carbocycles. The van der Waals surface area contributed by atoms with Crippen LogP contribution in [0.5, 0.6) is 0 Å². The maximum absolute atomic E-state index is 5.96. The summed E-state index contributed by atoms with van der Waals surface area (Å²) in [5.41, 5.74) is 14.1. The minimum Gasteiger partial charge on any atom is -0.383 e. The molecule has 0 saturated heterocycles. The summed E-state index contributed by atoms with van der Waals surface area (Å²) in [6.45, 7) is 0. The Balaban J connectivity index is 2.02. The van der Waals surface area contributed by atoms with Crippen molar-refractivity contribution in [1.29, 1.82) is 0 Å². The van der Waals surface area contributed by atoms with Crippen LogP contribution in [0.1, 0.15) is 42.3 Å². The fraction of sp³-hybridized carbons (Fsp3) is 0.636. The number of aromatic nitrogens is 2. The number of rotatable bonds is 1. The number of nitrogens with zero attached hydrogens (tertiary/aromatic N) is 2. The van der Waals surface area contributed by atoms with E-state index in [0.29, 0.717) is 11.7 Å². The Hall–Kier alpha value is -1.16. The Morgan fingerprint density at radius 3 is 2.67 bits per heavy atom. The summed E-state index contributed by atoms with van der Waals surface area (Å²) in [5.74, 6) is 2.20. The molecule has 2 aliphatic rings. The lowest BCUT2D eigenvalue weighted by atomic mass is 9.92. The van der Waals surface area contributed by atoms with Crippen LogP contribution >= 0.6 is 0 Å². The third kappa shape index (κ3) is 1.59. The minimum absolute atomic E-state index is 0.232. The third-order valence-corrected chi connectivity index (χ3v) is 3.30. The van der Waals surface area contributed by atoms with E-state index in [4.69, 9.17) is 11.5 Å². The molecule has 4 N–H and O–H groups in total. The summed E-state index contributed by atoms with van der Waals surface area (Å²) in [6, 6.07) is 0.232. The monoisotopic (exact) mass is 204 g/mol. The zero-order chi connectivity index (χ0) is 10.4. The molecule has 0 radical (unpaired) electrons. The van der Waals surface area contributed by atoms with E-state index >= 15 is 0 Å².